The normalized spacial score (nSPS) is 20.6. The first-order chi connectivity index (χ1) is 6.83. The van der Waals surface area contributed by atoms with Crippen LogP contribution in [0.15, 0.2) is 12.7 Å². The predicted octanol–water partition coefficient (Wildman–Crippen LogP) is 3.51. The summed E-state index contributed by atoms with van der Waals surface area (Å²) in [5.41, 5.74) is 0. The van der Waals surface area contributed by atoms with Gasteiger partial charge in [-0.2, -0.15) is 0 Å². The molecule has 82 valence electrons. The van der Waals surface area contributed by atoms with Crippen molar-refractivity contribution in [2.24, 2.45) is 5.92 Å². The Morgan fingerprint density at radius 3 is 2.71 bits per heavy atom. The Hall–Kier alpha value is -0.300. The molecular weight excluding hydrogens is 170 g/mol. The Balaban J connectivity index is 1.99. The Labute approximate surface area is 89.0 Å². The standard InChI is InChI=1S/C13H25N/c1-3-7-12(2)14-11-10-13-8-5-4-6-9-13/h3,12-14H,1,4-11H2,2H3. The van der Waals surface area contributed by atoms with Gasteiger partial charge < -0.3 is 5.32 Å². The molecule has 1 saturated carbocycles. The molecule has 1 unspecified atom stereocenters. The maximum absolute atomic E-state index is 3.76. The Morgan fingerprint density at radius 2 is 2.07 bits per heavy atom. The van der Waals surface area contributed by atoms with Crippen molar-refractivity contribution < 1.29 is 0 Å². The fourth-order valence-electron chi connectivity index (χ4n) is 2.34. The lowest BCUT2D eigenvalue weighted by atomic mass is 9.87. The monoisotopic (exact) mass is 195 g/mol. The van der Waals surface area contributed by atoms with E-state index in [9.17, 15) is 0 Å². The second-order valence-corrected chi connectivity index (χ2v) is 4.67. The maximum atomic E-state index is 3.76. The van der Waals surface area contributed by atoms with Crippen molar-refractivity contribution in [1.82, 2.24) is 5.32 Å². The molecule has 0 aromatic heterocycles. The van der Waals surface area contributed by atoms with Crippen LogP contribution in [0.3, 0.4) is 0 Å². The van der Waals surface area contributed by atoms with Gasteiger partial charge in [0.1, 0.15) is 0 Å². The highest BCUT2D eigenvalue weighted by molar-refractivity contribution is 4.75. The van der Waals surface area contributed by atoms with Crippen LogP contribution < -0.4 is 5.32 Å². The largest absolute Gasteiger partial charge is 0.314 e. The smallest absolute Gasteiger partial charge is 0.00731 e. The van der Waals surface area contributed by atoms with E-state index in [0.29, 0.717) is 6.04 Å². The van der Waals surface area contributed by atoms with Gasteiger partial charge in [-0.15, -0.1) is 6.58 Å². The summed E-state index contributed by atoms with van der Waals surface area (Å²) in [6.07, 6.45) is 11.8. The Morgan fingerprint density at radius 1 is 1.36 bits per heavy atom. The van der Waals surface area contributed by atoms with Crippen molar-refractivity contribution in [2.75, 3.05) is 6.54 Å². The van der Waals surface area contributed by atoms with Crippen LogP contribution in [0.2, 0.25) is 0 Å². The average molecular weight is 195 g/mol. The molecule has 0 aromatic rings. The number of hydrogen-bond acceptors (Lipinski definition) is 1. The van der Waals surface area contributed by atoms with Crippen molar-refractivity contribution in [2.45, 2.75) is 57.9 Å². The third-order valence-corrected chi connectivity index (χ3v) is 3.29. The fraction of sp³-hybridized carbons (Fsp3) is 0.846. The van der Waals surface area contributed by atoms with Gasteiger partial charge in [-0.05, 0) is 32.2 Å². The van der Waals surface area contributed by atoms with E-state index in [1.165, 1.54) is 45.1 Å². The van der Waals surface area contributed by atoms with Crippen molar-refractivity contribution in [3.63, 3.8) is 0 Å². The third-order valence-electron chi connectivity index (χ3n) is 3.29. The number of rotatable bonds is 6. The molecule has 1 aliphatic carbocycles. The van der Waals surface area contributed by atoms with Crippen molar-refractivity contribution in [1.29, 1.82) is 0 Å². The van der Waals surface area contributed by atoms with Crippen LogP contribution in [0.5, 0.6) is 0 Å². The molecule has 0 aliphatic heterocycles. The van der Waals surface area contributed by atoms with Gasteiger partial charge in [0.15, 0.2) is 0 Å². The molecule has 14 heavy (non-hydrogen) atoms. The minimum atomic E-state index is 0.607. The third kappa shape index (κ3) is 4.80. The molecule has 1 nitrogen and oxygen atoms in total. The van der Waals surface area contributed by atoms with Crippen molar-refractivity contribution in [3.8, 4) is 0 Å². The zero-order valence-corrected chi connectivity index (χ0v) is 9.60. The van der Waals surface area contributed by atoms with Gasteiger partial charge in [-0.25, -0.2) is 0 Å². The molecule has 0 radical (unpaired) electrons. The Bertz CT molecular complexity index is 147. The van der Waals surface area contributed by atoms with Gasteiger partial charge in [0.2, 0.25) is 0 Å². The van der Waals surface area contributed by atoms with Crippen LogP contribution in [0.4, 0.5) is 0 Å². The molecule has 0 aromatic carbocycles. The summed E-state index contributed by atoms with van der Waals surface area (Å²) in [6.45, 7) is 7.19. The highest BCUT2D eigenvalue weighted by atomic mass is 14.9. The van der Waals surface area contributed by atoms with Crippen LogP contribution in [0, 0.1) is 5.92 Å². The molecule has 0 bridgehead atoms. The van der Waals surface area contributed by atoms with Gasteiger partial charge in [-0.3, -0.25) is 0 Å². The lowest BCUT2D eigenvalue weighted by molar-refractivity contribution is 0.329. The van der Waals surface area contributed by atoms with E-state index in [-0.39, 0.29) is 0 Å². The summed E-state index contributed by atoms with van der Waals surface area (Å²) in [5, 5.41) is 3.56. The molecule has 0 spiro atoms. The number of nitrogens with one attached hydrogen (secondary N) is 1. The van der Waals surface area contributed by atoms with Crippen LogP contribution in [0.1, 0.15) is 51.9 Å². The molecule has 1 rings (SSSR count). The minimum absolute atomic E-state index is 0.607. The molecule has 0 amide bonds. The maximum Gasteiger partial charge on any atom is 0.00731 e. The second-order valence-electron chi connectivity index (χ2n) is 4.67. The summed E-state index contributed by atoms with van der Waals surface area (Å²) in [6, 6.07) is 0.607. The first-order valence-electron chi connectivity index (χ1n) is 6.17. The second kappa shape index (κ2) is 7.05. The van der Waals surface area contributed by atoms with E-state index in [1.54, 1.807) is 0 Å². The lowest BCUT2D eigenvalue weighted by Gasteiger charge is -2.22. The van der Waals surface area contributed by atoms with Crippen molar-refractivity contribution >= 4 is 0 Å². The Kier molecular flexibility index (Phi) is 5.93. The zero-order valence-electron chi connectivity index (χ0n) is 9.60. The predicted molar refractivity (Wildman–Crippen MR) is 63.5 cm³/mol. The lowest BCUT2D eigenvalue weighted by Crippen LogP contribution is -2.28. The molecule has 0 heterocycles. The molecule has 0 saturated heterocycles. The summed E-state index contributed by atoms with van der Waals surface area (Å²) in [4.78, 5) is 0. The first-order valence-corrected chi connectivity index (χ1v) is 6.17. The molecule has 1 atom stereocenters. The van der Waals surface area contributed by atoms with Crippen LogP contribution in [-0.4, -0.2) is 12.6 Å². The highest BCUT2D eigenvalue weighted by Gasteiger charge is 2.12. The van der Waals surface area contributed by atoms with E-state index >= 15 is 0 Å². The van der Waals surface area contributed by atoms with Gasteiger partial charge in [0, 0.05) is 6.04 Å². The number of hydrogen-bond donors (Lipinski definition) is 1. The van der Waals surface area contributed by atoms with E-state index in [1.807, 2.05) is 6.08 Å². The van der Waals surface area contributed by atoms with Gasteiger partial charge in [-0.1, -0.05) is 38.2 Å². The molecule has 1 N–H and O–H groups in total. The van der Waals surface area contributed by atoms with Crippen LogP contribution in [0.25, 0.3) is 0 Å². The van der Waals surface area contributed by atoms with Crippen LogP contribution in [-0.2, 0) is 0 Å². The first kappa shape index (κ1) is 11.8. The van der Waals surface area contributed by atoms with Crippen LogP contribution >= 0.6 is 0 Å². The van der Waals surface area contributed by atoms with Gasteiger partial charge in [0.05, 0.1) is 0 Å². The summed E-state index contributed by atoms with van der Waals surface area (Å²) >= 11 is 0. The molecule has 1 heteroatoms. The van der Waals surface area contributed by atoms with Crippen molar-refractivity contribution in [3.05, 3.63) is 12.7 Å². The molecule has 1 aliphatic rings. The van der Waals surface area contributed by atoms with E-state index in [2.05, 4.69) is 18.8 Å². The quantitative estimate of drug-likeness (QED) is 0.640. The van der Waals surface area contributed by atoms with E-state index < -0.39 is 0 Å². The summed E-state index contributed by atoms with van der Waals surface area (Å²) in [7, 11) is 0. The van der Waals surface area contributed by atoms with Gasteiger partial charge in [0.25, 0.3) is 0 Å². The average Bonchev–Trinajstić information content (AvgIpc) is 2.20. The highest BCUT2D eigenvalue weighted by Crippen LogP contribution is 2.25. The van der Waals surface area contributed by atoms with E-state index in [0.717, 1.165) is 12.3 Å². The van der Waals surface area contributed by atoms with Gasteiger partial charge >= 0.3 is 0 Å². The van der Waals surface area contributed by atoms with E-state index in [4.69, 9.17) is 0 Å². The molecule has 1 fully saturated rings. The fourth-order valence-corrected chi connectivity index (χ4v) is 2.34. The SMILES string of the molecule is C=CCC(C)NCCC1CCCCC1. The zero-order chi connectivity index (χ0) is 10.2. The summed E-state index contributed by atoms with van der Waals surface area (Å²) < 4.78 is 0. The molecular formula is C13H25N. The summed E-state index contributed by atoms with van der Waals surface area (Å²) in [5.74, 6) is 1.01. The topological polar surface area (TPSA) is 12.0 Å². The minimum Gasteiger partial charge on any atom is -0.314 e.